The van der Waals surface area contributed by atoms with Crippen molar-refractivity contribution in [2.24, 2.45) is 5.92 Å². The van der Waals surface area contributed by atoms with Gasteiger partial charge in [0.1, 0.15) is 11.9 Å². The number of alkyl carbamates (subject to hydrolysis) is 1. The van der Waals surface area contributed by atoms with Crippen LogP contribution in [0.3, 0.4) is 0 Å². The largest absolute Gasteiger partial charge is 0.453 e. The Bertz CT molecular complexity index is 1140. The molecule has 1 saturated heterocycles. The van der Waals surface area contributed by atoms with Crippen LogP contribution >= 0.6 is 15.9 Å². The summed E-state index contributed by atoms with van der Waals surface area (Å²) in [6.45, 7) is 4.45. The zero-order chi connectivity index (χ0) is 22.8. The van der Waals surface area contributed by atoms with Gasteiger partial charge in [0.15, 0.2) is 0 Å². The number of imidazole rings is 1. The Morgan fingerprint density at radius 3 is 2.72 bits per heavy atom. The second kappa shape index (κ2) is 9.32. The number of benzene rings is 2. The lowest BCUT2D eigenvalue weighted by atomic mass is 10.0. The van der Waals surface area contributed by atoms with E-state index in [1.54, 1.807) is 0 Å². The number of hydrogen-bond acceptors (Lipinski definition) is 4. The molecule has 0 unspecified atom stereocenters. The van der Waals surface area contributed by atoms with Crippen molar-refractivity contribution in [3.8, 4) is 11.3 Å². The minimum Gasteiger partial charge on any atom is -0.453 e. The van der Waals surface area contributed by atoms with E-state index in [0.29, 0.717) is 6.54 Å². The van der Waals surface area contributed by atoms with Crippen LogP contribution in [0.1, 0.15) is 38.6 Å². The molecule has 4 rings (SSSR count). The third-order valence-electron chi connectivity index (χ3n) is 5.94. The summed E-state index contributed by atoms with van der Waals surface area (Å²) in [7, 11) is 1.30. The van der Waals surface area contributed by atoms with Crippen molar-refractivity contribution in [1.29, 1.82) is 0 Å². The van der Waals surface area contributed by atoms with E-state index in [4.69, 9.17) is 9.72 Å². The van der Waals surface area contributed by atoms with Gasteiger partial charge < -0.3 is 19.9 Å². The number of fused-ring (bicyclic) bond motifs is 1. The van der Waals surface area contributed by atoms with Gasteiger partial charge in [-0.3, -0.25) is 4.79 Å². The number of nitrogens with one attached hydrogen (secondary N) is 2. The second-order valence-electron chi connectivity index (χ2n) is 8.42. The van der Waals surface area contributed by atoms with Crippen molar-refractivity contribution in [2.75, 3.05) is 13.7 Å². The van der Waals surface area contributed by atoms with Crippen molar-refractivity contribution in [3.63, 3.8) is 0 Å². The van der Waals surface area contributed by atoms with E-state index in [1.165, 1.54) is 7.11 Å². The van der Waals surface area contributed by atoms with Crippen LogP contribution < -0.4 is 5.32 Å². The van der Waals surface area contributed by atoms with Crippen molar-refractivity contribution >= 4 is 38.7 Å². The zero-order valence-corrected chi connectivity index (χ0v) is 20.0. The van der Waals surface area contributed by atoms with Gasteiger partial charge in [-0.15, -0.1) is 0 Å². The first-order valence-corrected chi connectivity index (χ1v) is 11.6. The number of hydrogen-bond donors (Lipinski definition) is 2. The maximum Gasteiger partial charge on any atom is 0.407 e. The fraction of sp³-hybridized carbons (Fsp3) is 0.375. The fourth-order valence-corrected chi connectivity index (χ4v) is 4.60. The van der Waals surface area contributed by atoms with Crippen molar-refractivity contribution < 1.29 is 14.3 Å². The van der Waals surface area contributed by atoms with Crippen molar-refractivity contribution in [2.45, 2.75) is 38.8 Å². The summed E-state index contributed by atoms with van der Waals surface area (Å²) < 4.78 is 5.75. The Morgan fingerprint density at radius 1 is 1.22 bits per heavy atom. The molecular formula is C24H27BrN4O3. The second-order valence-corrected chi connectivity index (χ2v) is 9.34. The highest BCUT2D eigenvalue weighted by atomic mass is 79.9. The molecule has 8 heteroatoms. The molecule has 1 aromatic heterocycles. The van der Waals surface area contributed by atoms with E-state index < -0.39 is 12.1 Å². The average molecular weight is 499 g/mol. The molecule has 1 aliphatic heterocycles. The highest BCUT2D eigenvalue weighted by molar-refractivity contribution is 9.10. The molecule has 0 aliphatic carbocycles. The van der Waals surface area contributed by atoms with Crippen molar-refractivity contribution in [3.05, 3.63) is 52.9 Å². The molecule has 7 nitrogen and oxygen atoms in total. The van der Waals surface area contributed by atoms with Gasteiger partial charge in [-0.05, 0) is 47.7 Å². The Balaban J connectivity index is 1.57. The topological polar surface area (TPSA) is 87.3 Å². The van der Waals surface area contributed by atoms with E-state index in [-0.39, 0.29) is 17.9 Å². The monoisotopic (exact) mass is 498 g/mol. The quantitative estimate of drug-likeness (QED) is 0.515. The summed E-state index contributed by atoms with van der Waals surface area (Å²) in [5.74, 6) is 0.595. The SMILES string of the molecule is COC(=O)N[C@H](C(=O)N1CCC[C@H]1c1nc(-c2ccc3cc(Br)ccc3c2)c[nH]1)C(C)C. The summed E-state index contributed by atoms with van der Waals surface area (Å²) in [6.07, 6.45) is 3.01. The molecule has 1 aliphatic rings. The molecule has 0 radical (unpaired) electrons. The van der Waals surface area contributed by atoms with Gasteiger partial charge in [0.05, 0.1) is 18.8 Å². The Kier molecular flexibility index (Phi) is 6.50. The van der Waals surface area contributed by atoms with Crippen LogP contribution in [-0.2, 0) is 9.53 Å². The molecule has 0 bridgehead atoms. The smallest absolute Gasteiger partial charge is 0.407 e. The van der Waals surface area contributed by atoms with E-state index in [0.717, 1.165) is 45.2 Å². The van der Waals surface area contributed by atoms with Crippen LogP contribution in [0.2, 0.25) is 0 Å². The number of methoxy groups -OCH3 is 1. The number of aromatic nitrogens is 2. The lowest BCUT2D eigenvalue weighted by molar-refractivity contribution is -0.135. The number of carbonyl (C=O) groups is 2. The predicted molar refractivity (Wildman–Crippen MR) is 127 cm³/mol. The van der Waals surface area contributed by atoms with Crippen LogP contribution in [0.4, 0.5) is 4.79 Å². The van der Waals surface area contributed by atoms with Crippen LogP contribution in [0.15, 0.2) is 47.1 Å². The van der Waals surface area contributed by atoms with Gasteiger partial charge in [0.25, 0.3) is 0 Å². The average Bonchev–Trinajstić information content (AvgIpc) is 3.45. The van der Waals surface area contributed by atoms with E-state index in [2.05, 4.69) is 56.6 Å². The molecule has 2 aromatic carbocycles. The number of H-pyrrole nitrogens is 1. The number of aromatic amines is 1. The van der Waals surface area contributed by atoms with E-state index >= 15 is 0 Å². The number of ether oxygens (including phenoxy) is 1. The summed E-state index contributed by atoms with van der Waals surface area (Å²) in [5, 5.41) is 4.98. The first-order chi connectivity index (χ1) is 15.4. The molecule has 32 heavy (non-hydrogen) atoms. The van der Waals surface area contributed by atoms with E-state index in [1.807, 2.05) is 31.0 Å². The molecule has 3 aromatic rings. The Morgan fingerprint density at radius 2 is 1.97 bits per heavy atom. The van der Waals surface area contributed by atoms with Crippen LogP contribution in [0, 0.1) is 5.92 Å². The maximum absolute atomic E-state index is 13.3. The van der Waals surface area contributed by atoms with Crippen molar-refractivity contribution in [1.82, 2.24) is 20.2 Å². The van der Waals surface area contributed by atoms with Gasteiger partial charge in [0, 0.05) is 22.8 Å². The summed E-state index contributed by atoms with van der Waals surface area (Å²) in [5.41, 5.74) is 1.86. The summed E-state index contributed by atoms with van der Waals surface area (Å²) in [6, 6.07) is 11.7. The van der Waals surface area contributed by atoms with Gasteiger partial charge in [-0.2, -0.15) is 0 Å². The minimum absolute atomic E-state index is 0.0624. The molecule has 2 amide bonds. The standard InChI is InChI=1S/C24H27BrN4O3/c1-14(2)21(28-24(31)32-3)23(30)29-10-4-5-20(29)22-26-13-19(27-22)17-7-6-16-12-18(25)9-8-15(16)11-17/h6-9,11-14,20-21H,4-5,10H2,1-3H3,(H,26,27)(H,28,31)/t20-,21-/m0/s1. The Labute approximate surface area is 195 Å². The van der Waals surface area contributed by atoms with Gasteiger partial charge in [-0.1, -0.05) is 48.0 Å². The number of nitrogens with zero attached hydrogens (tertiary/aromatic N) is 2. The number of carbonyl (C=O) groups excluding carboxylic acids is 2. The van der Waals surface area contributed by atoms with Crippen LogP contribution in [0.25, 0.3) is 22.0 Å². The first kappa shape index (κ1) is 22.3. The third kappa shape index (κ3) is 4.50. The molecule has 2 N–H and O–H groups in total. The molecule has 2 atom stereocenters. The summed E-state index contributed by atoms with van der Waals surface area (Å²) >= 11 is 3.51. The molecular weight excluding hydrogens is 472 g/mol. The normalized spacial score (nSPS) is 17.0. The molecule has 1 fully saturated rings. The number of rotatable bonds is 5. The van der Waals surface area contributed by atoms with Gasteiger partial charge in [-0.25, -0.2) is 9.78 Å². The lowest BCUT2D eigenvalue weighted by Gasteiger charge is -2.29. The lowest BCUT2D eigenvalue weighted by Crippen LogP contribution is -2.51. The molecule has 2 heterocycles. The minimum atomic E-state index is -0.641. The number of halogens is 1. The third-order valence-corrected chi connectivity index (χ3v) is 6.43. The number of likely N-dealkylation sites (tertiary alicyclic amines) is 1. The highest BCUT2D eigenvalue weighted by Gasteiger charge is 2.37. The predicted octanol–water partition coefficient (Wildman–Crippen LogP) is 5.04. The van der Waals surface area contributed by atoms with Gasteiger partial charge in [0.2, 0.25) is 5.91 Å². The fourth-order valence-electron chi connectivity index (χ4n) is 4.22. The Hall–Kier alpha value is -2.87. The highest BCUT2D eigenvalue weighted by Crippen LogP contribution is 2.33. The first-order valence-electron chi connectivity index (χ1n) is 10.8. The van der Waals surface area contributed by atoms with Gasteiger partial charge >= 0.3 is 6.09 Å². The zero-order valence-electron chi connectivity index (χ0n) is 18.4. The van der Waals surface area contributed by atoms with Crippen LogP contribution in [-0.4, -0.2) is 46.6 Å². The van der Waals surface area contributed by atoms with E-state index in [9.17, 15) is 9.59 Å². The summed E-state index contributed by atoms with van der Waals surface area (Å²) in [4.78, 5) is 35.0. The molecule has 168 valence electrons. The van der Waals surface area contributed by atoms with Crippen LogP contribution in [0.5, 0.6) is 0 Å². The molecule has 0 spiro atoms. The number of amides is 2. The maximum atomic E-state index is 13.3. The molecule has 0 saturated carbocycles.